The quantitative estimate of drug-likeness (QED) is 0.778. The van der Waals surface area contributed by atoms with Crippen molar-refractivity contribution in [3.8, 4) is 5.75 Å². The predicted octanol–water partition coefficient (Wildman–Crippen LogP) is 3.43. The molecule has 2 aromatic heterocycles. The van der Waals surface area contributed by atoms with Crippen LogP contribution in [0.25, 0.3) is 11.0 Å². The van der Waals surface area contributed by atoms with Crippen molar-refractivity contribution < 1.29 is 9.15 Å². The molecule has 3 aromatic rings. The van der Waals surface area contributed by atoms with E-state index in [-0.39, 0.29) is 0 Å². The molecule has 0 aliphatic carbocycles. The number of hydrogen-bond acceptors (Lipinski definition) is 4. The van der Waals surface area contributed by atoms with E-state index in [1.54, 1.807) is 6.20 Å². The molecule has 0 unspecified atom stereocenters. The fourth-order valence-corrected chi connectivity index (χ4v) is 2.40. The van der Waals surface area contributed by atoms with E-state index in [1.807, 2.05) is 44.3 Å². The number of fused-ring (bicyclic) bond motifs is 1. The second-order valence-corrected chi connectivity index (χ2v) is 4.91. The Morgan fingerprint density at radius 3 is 2.86 bits per heavy atom. The number of aromatic nitrogens is 1. The Bertz CT molecular complexity index is 749. The third-order valence-electron chi connectivity index (χ3n) is 3.45. The van der Waals surface area contributed by atoms with Crippen molar-refractivity contribution in [2.75, 3.05) is 7.05 Å². The predicted molar refractivity (Wildman–Crippen MR) is 82.3 cm³/mol. The molecular weight excluding hydrogens is 264 g/mol. The third kappa shape index (κ3) is 2.76. The molecule has 3 rings (SSSR count). The van der Waals surface area contributed by atoms with Crippen LogP contribution < -0.4 is 10.1 Å². The molecule has 0 spiro atoms. The van der Waals surface area contributed by atoms with Crippen LogP contribution >= 0.6 is 0 Å². The van der Waals surface area contributed by atoms with E-state index in [9.17, 15) is 0 Å². The Labute approximate surface area is 123 Å². The molecular formula is C17H18N2O2. The first kappa shape index (κ1) is 13.6. The average Bonchev–Trinajstić information content (AvgIpc) is 2.85. The Kier molecular flexibility index (Phi) is 3.88. The Hall–Kier alpha value is -2.33. The number of pyridine rings is 1. The molecule has 1 N–H and O–H groups in total. The number of hydrogen-bond donors (Lipinski definition) is 1. The highest BCUT2D eigenvalue weighted by Gasteiger charge is 2.14. The molecule has 0 amide bonds. The van der Waals surface area contributed by atoms with Gasteiger partial charge in [-0.2, -0.15) is 0 Å². The first-order chi connectivity index (χ1) is 10.3. The summed E-state index contributed by atoms with van der Waals surface area (Å²) in [7, 11) is 1.93. The number of rotatable bonds is 5. The van der Waals surface area contributed by atoms with E-state index in [2.05, 4.69) is 16.4 Å². The minimum atomic E-state index is 0.401. The van der Waals surface area contributed by atoms with Gasteiger partial charge in [0.15, 0.2) is 0 Å². The van der Waals surface area contributed by atoms with Gasteiger partial charge in [0.25, 0.3) is 0 Å². The van der Waals surface area contributed by atoms with Crippen LogP contribution in [-0.2, 0) is 13.2 Å². The molecule has 0 aliphatic heterocycles. The normalized spacial score (nSPS) is 11.0. The van der Waals surface area contributed by atoms with E-state index < -0.39 is 0 Å². The highest BCUT2D eigenvalue weighted by atomic mass is 16.5. The van der Waals surface area contributed by atoms with Crippen LogP contribution in [0, 0.1) is 6.92 Å². The number of furan rings is 1. The molecule has 2 heterocycles. The van der Waals surface area contributed by atoms with Crippen molar-refractivity contribution in [1.82, 2.24) is 10.3 Å². The number of aryl methyl sites for hydroxylation is 1. The number of benzene rings is 1. The third-order valence-corrected chi connectivity index (χ3v) is 3.45. The standard InChI is InChI=1S/C17H18N2O2/c1-12-15(8-5-9-19-12)20-11-17-14(10-18-2)13-6-3-4-7-16(13)21-17/h3-9,18H,10-11H2,1-2H3. The largest absolute Gasteiger partial charge is 0.484 e. The summed E-state index contributed by atoms with van der Waals surface area (Å²) < 4.78 is 11.8. The Morgan fingerprint density at radius 2 is 2.05 bits per heavy atom. The first-order valence-corrected chi connectivity index (χ1v) is 6.98. The van der Waals surface area contributed by atoms with Crippen molar-refractivity contribution >= 4 is 11.0 Å². The van der Waals surface area contributed by atoms with Gasteiger partial charge in [-0.15, -0.1) is 0 Å². The Morgan fingerprint density at radius 1 is 1.19 bits per heavy atom. The number of nitrogens with zero attached hydrogens (tertiary/aromatic N) is 1. The van der Waals surface area contributed by atoms with Crippen LogP contribution in [0.5, 0.6) is 5.75 Å². The van der Waals surface area contributed by atoms with Gasteiger partial charge in [-0.1, -0.05) is 18.2 Å². The van der Waals surface area contributed by atoms with Gasteiger partial charge in [-0.05, 0) is 32.2 Å². The van der Waals surface area contributed by atoms with Gasteiger partial charge < -0.3 is 14.5 Å². The summed E-state index contributed by atoms with van der Waals surface area (Å²) in [5, 5.41) is 4.32. The van der Waals surface area contributed by atoms with Crippen LogP contribution in [0.4, 0.5) is 0 Å². The SMILES string of the molecule is CNCc1c(COc2cccnc2C)oc2ccccc12. The fraction of sp³-hybridized carbons (Fsp3) is 0.235. The van der Waals surface area contributed by atoms with Crippen molar-refractivity contribution in [2.45, 2.75) is 20.1 Å². The zero-order chi connectivity index (χ0) is 14.7. The molecule has 0 fully saturated rings. The maximum absolute atomic E-state index is 5.93. The molecule has 0 radical (unpaired) electrons. The Balaban J connectivity index is 1.89. The maximum Gasteiger partial charge on any atom is 0.147 e. The van der Waals surface area contributed by atoms with Crippen LogP contribution in [-0.4, -0.2) is 12.0 Å². The lowest BCUT2D eigenvalue weighted by atomic mass is 10.1. The van der Waals surface area contributed by atoms with Gasteiger partial charge in [0.2, 0.25) is 0 Å². The van der Waals surface area contributed by atoms with Crippen LogP contribution in [0.3, 0.4) is 0 Å². The van der Waals surface area contributed by atoms with Gasteiger partial charge in [0, 0.05) is 23.7 Å². The maximum atomic E-state index is 5.93. The summed E-state index contributed by atoms with van der Waals surface area (Å²) in [5.41, 5.74) is 2.92. The van der Waals surface area contributed by atoms with Gasteiger partial charge in [-0.25, -0.2) is 0 Å². The summed E-state index contributed by atoms with van der Waals surface area (Å²) in [6.07, 6.45) is 1.76. The number of para-hydroxylation sites is 1. The van der Waals surface area contributed by atoms with Gasteiger partial charge in [0.05, 0.1) is 5.69 Å². The van der Waals surface area contributed by atoms with E-state index in [0.29, 0.717) is 6.61 Å². The van der Waals surface area contributed by atoms with Gasteiger partial charge in [-0.3, -0.25) is 4.98 Å². The topological polar surface area (TPSA) is 47.3 Å². The van der Waals surface area contributed by atoms with Gasteiger partial charge in [0.1, 0.15) is 23.7 Å². The van der Waals surface area contributed by atoms with Crippen molar-refractivity contribution in [2.24, 2.45) is 0 Å². The molecule has 21 heavy (non-hydrogen) atoms. The first-order valence-electron chi connectivity index (χ1n) is 6.98. The lowest BCUT2D eigenvalue weighted by molar-refractivity contribution is 0.269. The average molecular weight is 282 g/mol. The zero-order valence-corrected chi connectivity index (χ0v) is 12.2. The number of nitrogens with one attached hydrogen (secondary N) is 1. The molecule has 0 saturated heterocycles. The number of ether oxygens (including phenoxy) is 1. The summed E-state index contributed by atoms with van der Waals surface area (Å²) in [5.74, 6) is 1.64. The molecule has 0 saturated carbocycles. The summed E-state index contributed by atoms with van der Waals surface area (Å²) >= 11 is 0. The highest BCUT2D eigenvalue weighted by Crippen LogP contribution is 2.27. The molecule has 1 aromatic carbocycles. The molecule has 4 nitrogen and oxygen atoms in total. The molecule has 0 aliphatic rings. The van der Waals surface area contributed by atoms with Crippen molar-refractivity contribution in [3.63, 3.8) is 0 Å². The van der Waals surface area contributed by atoms with E-state index in [4.69, 9.17) is 9.15 Å². The van der Waals surface area contributed by atoms with Crippen LogP contribution in [0.15, 0.2) is 47.0 Å². The zero-order valence-electron chi connectivity index (χ0n) is 12.2. The second kappa shape index (κ2) is 5.97. The molecule has 4 heteroatoms. The van der Waals surface area contributed by atoms with Crippen molar-refractivity contribution in [1.29, 1.82) is 0 Å². The van der Waals surface area contributed by atoms with Gasteiger partial charge >= 0.3 is 0 Å². The molecule has 108 valence electrons. The van der Waals surface area contributed by atoms with Crippen molar-refractivity contribution in [3.05, 3.63) is 59.6 Å². The minimum Gasteiger partial charge on any atom is -0.484 e. The molecule has 0 atom stereocenters. The van der Waals surface area contributed by atoms with E-state index in [0.717, 1.165) is 40.3 Å². The van der Waals surface area contributed by atoms with Crippen LogP contribution in [0.2, 0.25) is 0 Å². The lowest BCUT2D eigenvalue weighted by Gasteiger charge is -2.08. The van der Waals surface area contributed by atoms with Crippen LogP contribution in [0.1, 0.15) is 17.0 Å². The van der Waals surface area contributed by atoms with E-state index in [1.165, 1.54) is 0 Å². The summed E-state index contributed by atoms with van der Waals surface area (Å²) in [4.78, 5) is 4.22. The highest BCUT2D eigenvalue weighted by molar-refractivity contribution is 5.82. The minimum absolute atomic E-state index is 0.401. The fourth-order valence-electron chi connectivity index (χ4n) is 2.40. The smallest absolute Gasteiger partial charge is 0.147 e. The second-order valence-electron chi connectivity index (χ2n) is 4.91. The molecule has 0 bridgehead atoms. The summed E-state index contributed by atoms with van der Waals surface area (Å²) in [6, 6.07) is 11.8. The summed E-state index contributed by atoms with van der Waals surface area (Å²) in [6.45, 7) is 3.09. The monoisotopic (exact) mass is 282 g/mol. The lowest BCUT2D eigenvalue weighted by Crippen LogP contribution is -2.08. The van der Waals surface area contributed by atoms with E-state index >= 15 is 0 Å².